The second-order valence-corrected chi connectivity index (χ2v) is 7.01. The molecule has 110 valence electrons. The zero-order chi connectivity index (χ0) is 14.4. The molecule has 0 saturated heterocycles. The highest BCUT2D eigenvalue weighted by atomic mass is 32.2. The lowest BCUT2D eigenvalue weighted by Gasteiger charge is -2.09. The molecule has 20 heavy (non-hydrogen) atoms. The van der Waals surface area contributed by atoms with Gasteiger partial charge in [0.1, 0.15) is 0 Å². The van der Waals surface area contributed by atoms with Crippen LogP contribution in [-0.4, -0.2) is 21.6 Å². The summed E-state index contributed by atoms with van der Waals surface area (Å²) < 4.78 is 11.9. The van der Waals surface area contributed by atoms with E-state index in [-0.39, 0.29) is 5.91 Å². The number of nitrogen functional groups attached to an aromatic ring is 1. The quantitative estimate of drug-likeness (QED) is 0.792. The van der Waals surface area contributed by atoms with Crippen molar-refractivity contribution in [1.82, 2.24) is 0 Å². The molecule has 1 aromatic carbocycles. The molecule has 1 saturated carbocycles. The number of nitrogens with two attached hydrogens (primary N) is 1. The molecule has 4 nitrogen and oxygen atoms in total. The molecule has 1 fully saturated rings. The van der Waals surface area contributed by atoms with Gasteiger partial charge in [-0.2, -0.15) is 0 Å². The molecule has 0 spiro atoms. The maximum Gasteiger partial charge on any atom is 0.225 e. The van der Waals surface area contributed by atoms with E-state index in [0.717, 1.165) is 5.75 Å². The molecule has 5 heteroatoms. The van der Waals surface area contributed by atoms with Gasteiger partial charge in [0.15, 0.2) is 0 Å². The molecule has 1 aliphatic carbocycles. The molecule has 1 unspecified atom stereocenters. The SMILES string of the molecule is Nc1cccc(NC(=O)CCS(=O)CC2CCCC2)c1. The van der Waals surface area contributed by atoms with E-state index in [1.807, 2.05) is 0 Å². The van der Waals surface area contributed by atoms with Gasteiger partial charge in [-0.25, -0.2) is 0 Å². The molecule has 2 rings (SSSR count). The van der Waals surface area contributed by atoms with E-state index >= 15 is 0 Å². The number of carbonyl (C=O) groups is 1. The fraction of sp³-hybridized carbons (Fsp3) is 0.533. The minimum absolute atomic E-state index is 0.102. The number of rotatable bonds is 6. The summed E-state index contributed by atoms with van der Waals surface area (Å²) in [5.41, 5.74) is 6.96. The first-order valence-corrected chi connectivity index (χ1v) is 8.62. The van der Waals surface area contributed by atoms with E-state index < -0.39 is 10.8 Å². The van der Waals surface area contributed by atoms with Gasteiger partial charge in [0, 0.05) is 40.1 Å². The molecule has 0 aliphatic heterocycles. The van der Waals surface area contributed by atoms with Crippen molar-refractivity contribution in [2.24, 2.45) is 5.92 Å². The number of nitrogens with one attached hydrogen (secondary N) is 1. The van der Waals surface area contributed by atoms with Crippen LogP contribution in [0.15, 0.2) is 24.3 Å². The second kappa shape index (κ2) is 7.43. The van der Waals surface area contributed by atoms with Crippen LogP contribution in [0.5, 0.6) is 0 Å². The fourth-order valence-corrected chi connectivity index (χ4v) is 4.01. The van der Waals surface area contributed by atoms with Crippen molar-refractivity contribution in [3.63, 3.8) is 0 Å². The zero-order valence-corrected chi connectivity index (χ0v) is 12.5. The van der Waals surface area contributed by atoms with Gasteiger partial charge in [0.25, 0.3) is 0 Å². The minimum atomic E-state index is -0.878. The van der Waals surface area contributed by atoms with Gasteiger partial charge >= 0.3 is 0 Å². The number of anilines is 2. The van der Waals surface area contributed by atoms with Crippen LogP contribution in [0, 0.1) is 5.92 Å². The lowest BCUT2D eigenvalue weighted by atomic mass is 10.1. The predicted molar refractivity (Wildman–Crippen MR) is 83.9 cm³/mol. The highest BCUT2D eigenvalue weighted by Gasteiger charge is 2.18. The summed E-state index contributed by atoms with van der Waals surface area (Å²) in [5.74, 6) is 1.71. The normalized spacial score (nSPS) is 17.0. The van der Waals surface area contributed by atoms with Gasteiger partial charge in [-0.3, -0.25) is 9.00 Å². The average molecular weight is 294 g/mol. The third kappa shape index (κ3) is 4.96. The van der Waals surface area contributed by atoms with Crippen molar-refractivity contribution in [3.05, 3.63) is 24.3 Å². The van der Waals surface area contributed by atoms with E-state index in [1.165, 1.54) is 25.7 Å². The Hall–Kier alpha value is -1.36. The van der Waals surface area contributed by atoms with Gasteiger partial charge in [-0.05, 0) is 37.0 Å². The number of carbonyl (C=O) groups excluding carboxylic acids is 1. The Morgan fingerprint density at radius 2 is 2.10 bits per heavy atom. The molecule has 0 radical (unpaired) electrons. The maximum absolute atomic E-state index is 11.9. The Morgan fingerprint density at radius 3 is 2.80 bits per heavy atom. The predicted octanol–water partition coefficient (Wildman–Crippen LogP) is 2.54. The van der Waals surface area contributed by atoms with Gasteiger partial charge in [-0.1, -0.05) is 18.9 Å². The second-order valence-electron chi connectivity index (χ2n) is 5.38. The average Bonchev–Trinajstić information content (AvgIpc) is 2.89. The first kappa shape index (κ1) is 15.0. The molecule has 1 amide bonds. The summed E-state index contributed by atoms with van der Waals surface area (Å²) in [4.78, 5) is 11.8. The molecule has 0 heterocycles. The van der Waals surface area contributed by atoms with Crippen LogP contribution >= 0.6 is 0 Å². The Kier molecular flexibility index (Phi) is 5.59. The molecule has 1 aromatic rings. The number of amides is 1. The Labute approximate surface area is 122 Å². The van der Waals surface area contributed by atoms with E-state index in [9.17, 15) is 9.00 Å². The molecular formula is C15H22N2O2S. The van der Waals surface area contributed by atoms with Crippen molar-refractivity contribution in [2.45, 2.75) is 32.1 Å². The summed E-state index contributed by atoms with van der Waals surface area (Å²) in [6.45, 7) is 0. The Balaban J connectivity index is 1.70. The molecule has 0 bridgehead atoms. The molecule has 1 aliphatic rings. The Bertz CT molecular complexity index is 485. The van der Waals surface area contributed by atoms with Crippen molar-refractivity contribution in [3.8, 4) is 0 Å². The van der Waals surface area contributed by atoms with Crippen LogP contribution in [0.3, 0.4) is 0 Å². The van der Waals surface area contributed by atoms with Gasteiger partial charge < -0.3 is 11.1 Å². The lowest BCUT2D eigenvalue weighted by Crippen LogP contribution is -2.17. The van der Waals surface area contributed by atoms with Crippen molar-refractivity contribution in [2.75, 3.05) is 22.6 Å². The number of hydrogen-bond acceptors (Lipinski definition) is 3. The highest BCUT2D eigenvalue weighted by Crippen LogP contribution is 2.25. The van der Waals surface area contributed by atoms with Crippen LogP contribution in [0.25, 0.3) is 0 Å². The third-order valence-electron chi connectivity index (χ3n) is 3.62. The van der Waals surface area contributed by atoms with E-state index in [0.29, 0.717) is 29.5 Å². The molecule has 1 atom stereocenters. The monoisotopic (exact) mass is 294 g/mol. The summed E-state index contributed by atoms with van der Waals surface area (Å²) >= 11 is 0. The van der Waals surface area contributed by atoms with Crippen LogP contribution in [-0.2, 0) is 15.6 Å². The van der Waals surface area contributed by atoms with Gasteiger partial charge in [0.2, 0.25) is 5.91 Å². The smallest absolute Gasteiger partial charge is 0.225 e. The summed E-state index contributed by atoms with van der Waals surface area (Å²) in [7, 11) is -0.878. The summed E-state index contributed by atoms with van der Waals surface area (Å²) in [6.07, 6.45) is 5.21. The van der Waals surface area contributed by atoms with Gasteiger partial charge in [0.05, 0.1) is 0 Å². The van der Waals surface area contributed by atoms with E-state index in [1.54, 1.807) is 24.3 Å². The van der Waals surface area contributed by atoms with Crippen LogP contribution in [0.1, 0.15) is 32.1 Å². The third-order valence-corrected chi connectivity index (χ3v) is 5.13. The number of benzene rings is 1. The molecular weight excluding hydrogens is 272 g/mol. The summed E-state index contributed by atoms with van der Waals surface area (Å²) in [6, 6.07) is 7.08. The van der Waals surface area contributed by atoms with Crippen molar-refractivity contribution in [1.29, 1.82) is 0 Å². The lowest BCUT2D eigenvalue weighted by molar-refractivity contribution is -0.115. The Morgan fingerprint density at radius 1 is 1.35 bits per heavy atom. The summed E-state index contributed by atoms with van der Waals surface area (Å²) in [5, 5.41) is 2.78. The standard InChI is InChI=1S/C15H22N2O2S/c16-13-6-3-7-14(10-13)17-15(18)8-9-20(19)11-12-4-1-2-5-12/h3,6-7,10,12H,1-2,4-5,8-9,11,16H2,(H,17,18). The minimum Gasteiger partial charge on any atom is -0.399 e. The van der Waals surface area contributed by atoms with E-state index in [2.05, 4.69) is 5.32 Å². The van der Waals surface area contributed by atoms with Gasteiger partial charge in [-0.15, -0.1) is 0 Å². The van der Waals surface area contributed by atoms with Crippen LogP contribution in [0.2, 0.25) is 0 Å². The molecule has 0 aromatic heterocycles. The largest absolute Gasteiger partial charge is 0.399 e. The van der Waals surface area contributed by atoms with Crippen molar-refractivity contribution >= 4 is 28.1 Å². The van der Waals surface area contributed by atoms with E-state index in [4.69, 9.17) is 5.73 Å². The highest BCUT2D eigenvalue weighted by molar-refractivity contribution is 7.85. The zero-order valence-electron chi connectivity index (χ0n) is 11.6. The fourth-order valence-electron chi connectivity index (χ4n) is 2.57. The maximum atomic E-state index is 11.9. The van der Waals surface area contributed by atoms with Crippen LogP contribution in [0.4, 0.5) is 11.4 Å². The van der Waals surface area contributed by atoms with Crippen molar-refractivity contribution < 1.29 is 9.00 Å². The topological polar surface area (TPSA) is 72.2 Å². The van der Waals surface area contributed by atoms with Crippen LogP contribution < -0.4 is 11.1 Å². The molecule has 3 N–H and O–H groups in total. The first-order chi connectivity index (χ1) is 9.63. The number of hydrogen-bond donors (Lipinski definition) is 2. The first-order valence-electron chi connectivity index (χ1n) is 7.14.